The lowest BCUT2D eigenvalue weighted by Gasteiger charge is -2.42. The first-order valence-electron chi connectivity index (χ1n) is 11.4. The van der Waals surface area contributed by atoms with Crippen LogP contribution in [0.25, 0.3) is 0 Å². The lowest BCUT2D eigenvalue weighted by Crippen LogP contribution is -2.55. The molecule has 2 aliphatic heterocycles. The minimum Gasteiger partial charge on any atom is -0.337 e. The molecule has 0 N–H and O–H groups in total. The van der Waals surface area contributed by atoms with Crippen molar-refractivity contribution < 1.29 is 9.59 Å². The van der Waals surface area contributed by atoms with E-state index in [2.05, 4.69) is 14.8 Å². The van der Waals surface area contributed by atoms with Crippen molar-refractivity contribution in [3.8, 4) is 0 Å². The number of piperidine rings is 1. The Morgan fingerprint density at radius 3 is 2.52 bits per heavy atom. The van der Waals surface area contributed by atoms with E-state index in [-0.39, 0.29) is 17.9 Å². The molecule has 1 aliphatic carbocycles. The van der Waals surface area contributed by atoms with Gasteiger partial charge in [0, 0.05) is 50.0 Å². The van der Waals surface area contributed by atoms with Crippen molar-refractivity contribution in [1.29, 1.82) is 0 Å². The van der Waals surface area contributed by atoms with Gasteiger partial charge in [0.25, 0.3) is 5.91 Å². The lowest BCUT2D eigenvalue weighted by molar-refractivity contribution is -0.141. The van der Waals surface area contributed by atoms with Crippen LogP contribution in [0.1, 0.15) is 61.0 Å². The number of pyridine rings is 1. The average molecular weight is 399 g/mol. The summed E-state index contributed by atoms with van der Waals surface area (Å²) in [6, 6.07) is 3.89. The number of hydrogen-bond donors (Lipinski definition) is 0. The molecule has 1 unspecified atom stereocenters. The van der Waals surface area contributed by atoms with Crippen molar-refractivity contribution >= 4 is 11.8 Å². The van der Waals surface area contributed by atoms with Crippen molar-refractivity contribution in [2.24, 2.45) is 5.92 Å². The molecule has 6 nitrogen and oxygen atoms in total. The van der Waals surface area contributed by atoms with Crippen LogP contribution in [0.5, 0.6) is 0 Å². The summed E-state index contributed by atoms with van der Waals surface area (Å²) in [7, 11) is 0. The van der Waals surface area contributed by atoms with E-state index in [1.54, 1.807) is 6.20 Å². The zero-order valence-corrected chi connectivity index (χ0v) is 17.7. The van der Waals surface area contributed by atoms with E-state index in [4.69, 9.17) is 0 Å². The lowest BCUT2D eigenvalue weighted by atomic mass is 9.83. The largest absolute Gasteiger partial charge is 0.337 e. The molecule has 158 valence electrons. The van der Waals surface area contributed by atoms with Gasteiger partial charge in [-0.3, -0.25) is 14.6 Å². The maximum atomic E-state index is 13.2. The van der Waals surface area contributed by atoms with E-state index in [9.17, 15) is 9.59 Å². The Morgan fingerprint density at radius 2 is 1.86 bits per heavy atom. The molecule has 2 amide bonds. The van der Waals surface area contributed by atoms with Crippen LogP contribution in [0.3, 0.4) is 0 Å². The predicted molar refractivity (Wildman–Crippen MR) is 113 cm³/mol. The van der Waals surface area contributed by atoms with Crippen LogP contribution < -0.4 is 0 Å². The maximum absolute atomic E-state index is 13.2. The summed E-state index contributed by atoms with van der Waals surface area (Å²) in [4.78, 5) is 37.0. The van der Waals surface area contributed by atoms with Gasteiger partial charge >= 0.3 is 0 Å². The molecule has 1 aromatic rings. The number of aryl methyl sites for hydroxylation is 1. The zero-order chi connectivity index (χ0) is 20.2. The third kappa shape index (κ3) is 4.80. The monoisotopic (exact) mass is 398 g/mol. The predicted octanol–water partition coefficient (Wildman–Crippen LogP) is 2.72. The second-order valence-corrected chi connectivity index (χ2v) is 8.94. The van der Waals surface area contributed by atoms with Gasteiger partial charge in [-0.15, -0.1) is 0 Å². The molecule has 2 saturated heterocycles. The van der Waals surface area contributed by atoms with Crippen molar-refractivity contribution in [3.63, 3.8) is 0 Å². The minimum absolute atomic E-state index is 0.0396. The Hall–Kier alpha value is -1.95. The van der Waals surface area contributed by atoms with Gasteiger partial charge in [0.05, 0.1) is 5.56 Å². The van der Waals surface area contributed by atoms with Crippen molar-refractivity contribution in [2.75, 3.05) is 39.3 Å². The van der Waals surface area contributed by atoms with Gasteiger partial charge < -0.3 is 14.7 Å². The van der Waals surface area contributed by atoms with Crippen LogP contribution in [0.15, 0.2) is 18.3 Å². The van der Waals surface area contributed by atoms with Gasteiger partial charge in [0.15, 0.2) is 0 Å². The number of likely N-dealkylation sites (tertiary alicyclic amines) is 2. The molecule has 4 rings (SSSR count). The maximum Gasteiger partial charge on any atom is 0.255 e. The molecule has 0 radical (unpaired) electrons. The minimum atomic E-state index is 0.0396. The van der Waals surface area contributed by atoms with Crippen LogP contribution in [-0.4, -0.2) is 76.8 Å². The summed E-state index contributed by atoms with van der Waals surface area (Å²) in [5.74, 6) is 0.575. The number of amides is 2. The van der Waals surface area contributed by atoms with Gasteiger partial charge in [-0.05, 0) is 70.7 Å². The number of nitrogens with zero attached hydrogens (tertiary/aromatic N) is 4. The Labute approximate surface area is 174 Å². The molecule has 0 bridgehead atoms. The third-order valence-corrected chi connectivity index (χ3v) is 6.88. The molecule has 1 saturated carbocycles. The first kappa shape index (κ1) is 20.3. The van der Waals surface area contributed by atoms with Gasteiger partial charge in [-0.25, -0.2) is 0 Å². The average Bonchev–Trinajstić information content (AvgIpc) is 3.21. The van der Waals surface area contributed by atoms with Gasteiger partial charge in [0.1, 0.15) is 0 Å². The van der Waals surface area contributed by atoms with E-state index in [1.165, 1.54) is 19.3 Å². The number of aromatic nitrogens is 1. The van der Waals surface area contributed by atoms with E-state index < -0.39 is 0 Å². The fourth-order valence-electron chi connectivity index (χ4n) is 4.79. The zero-order valence-electron chi connectivity index (χ0n) is 17.7. The third-order valence-electron chi connectivity index (χ3n) is 6.88. The van der Waals surface area contributed by atoms with E-state index in [0.717, 1.165) is 64.1 Å². The van der Waals surface area contributed by atoms with Crippen molar-refractivity contribution in [1.82, 2.24) is 19.7 Å². The summed E-state index contributed by atoms with van der Waals surface area (Å²) in [6.45, 7) is 7.41. The second kappa shape index (κ2) is 9.24. The Balaban J connectivity index is 1.43. The highest BCUT2D eigenvalue weighted by Gasteiger charge is 2.36. The quantitative estimate of drug-likeness (QED) is 0.739. The summed E-state index contributed by atoms with van der Waals surface area (Å²) in [5, 5.41) is 0. The highest BCUT2D eigenvalue weighted by atomic mass is 16.2. The number of rotatable bonds is 6. The first-order chi connectivity index (χ1) is 14.1. The van der Waals surface area contributed by atoms with Gasteiger partial charge in [0.2, 0.25) is 5.91 Å². The highest BCUT2D eigenvalue weighted by Crippen LogP contribution is 2.30. The SMILES string of the molecule is Cc1ccc(C(=O)N2CCCC(N(CCN3CCCC3)C(=O)C3CCC3)C2)cn1. The van der Waals surface area contributed by atoms with Crippen LogP contribution in [0.2, 0.25) is 0 Å². The molecular formula is C23H34N4O2. The topological polar surface area (TPSA) is 56.8 Å². The Kier molecular flexibility index (Phi) is 6.48. The smallest absolute Gasteiger partial charge is 0.255 e. The summed E-state index contributed by atoms with van der Waals surface area (Å²) < 4.78 is 0. The highest BCUT2D eigenvalue weighted by molar-refractivity contribution is 5.94. The van der Waals surface area contributed by atoms with E-state index in [1.807, 2.05) is 24.0 Å². The van der Waals surface area contributed by atoms with E-state index >= 15 is 0 Å². The molecular weight excluding hydrogens is 364 g/mol. The Bertz CT molecular complexity index is 710. The molecule has 0 spiro atoms. The van der Waals surface area contributed by atoms with Crippen LogP contribution in [0, 0.1) is 12.8 Å². The van der Waals surface area contributed by atoms with Gasteiger partial charge in [-0.1, -0.05) is 6.42 Å². The number of hydrogen-bond acceptors (Lipinski definition) is 4. The van der Waals surface area contributed by atoms with Crippen molar-refractivity contribution in [2.45, 2.75) is 57.9 Å². The summed E-state index contributed by atoms with van der Waals surface area (Å²) >= 11 is 0. The molecule has 3 aliphatic rings. The van der Waals surface area contributed by atoms with E-state index in [0.29, 0.717) is 18.0 Å². The fourth-order valence-corrected chi connectivity index (χ4v) is 4.79. The first-order valence-corrected chi connectivity index (χ1v) is 11.4. The molecule has 1 aromatic heterocycles. The second-order valence-electron chi connectivity index (χ2n) is 8.94. The molecule has 3 fully saturated rings. The molecule has 29 heavy (non-hydrogen) atoms. The molecule has 3 heterocycles. The Morgan fingerprint density at radius 1 is 1.07 bits per heavy atom. The number of carbonyl (C=O) groups excluding carboxylic acids is 2. The summed E-state index contributed by atoms with van der Waals surface area (Å²) in [6.07, 6.45) is 9.40. The van der Waals surface area contributed by atoms with Crippen LogP contribution in [0.4, 0.5) is 0 Å². The summed E-state index contributed by atoms with van der Waals surface area (Å²) in [5.41, 5.74) is 1.56. The normalized spacial score (nSPS) is 23.1. The fraction of sp³-hybridized carbons (Fsp3) is 0.696. The molecule has 6 heteroatoms. The van der Waals surface area contributed by atoms with Crippen LogP contribution in [-0.2, 0) is 4.79 Å². The standard InChI is InChI=1S/C23H34N4O2/c1-18-9-10-20(16-24-18)22(28)26-13-5-8-21(17-26)27(23(29)19-6-4-7-19)15-14-25-11-2-3-12-25/h9-10,16,19,21H,2-8,11-15,17H2,1H3. The molecule has 1 atom stereocenters. The van der Waals surface area contributed by atoms with Crippen molar-refractivity contribution in [3.05, 3.63) is 29.6 Å². The number of carbonyl (C=O) groups is 2. The van der Waals surface area contributed by atoms with Gasteiger partial charge in [-0.2, -0.15) is 0 Å². The molecule has 0 aromatic carbocycles. The van der Waals surface area contributed by atoms with Crippen LogP contribution >= 0.6 is 0 Å².